The molecule has 4 nitrogen and oxygen atoms in total. The van der Waals surface area contributed by atoms with Gasteiger partial charge in [0.25, 0.3) is 0 Å². The third-order valence-electron chi connectivity index (χ3n) is 3.50. The van der Waals surface area contributed by atoms with E-state index in [-0.39, 0.29) is 5.97 Å². The highest BCUT2D eigenvalue weighted by Gasteiger charge is 1.99. The molecule has 0 radical (unpaired) electrons. The average Bonchev–Trinajstić information content (AvgIpc) is 2.62. The molecule has 0 bridgehead atoms. The van der Waals surface area contributed by atoms with Crippen molar-refractivity contribution in [1.82, 2.24) is 4.98 Å². The van der Waals surface area contributed by atoms with E-state index >= 15 is 0 Å². The van der Waals surface area contributed by atoms with Crippen LogP contribution in [-0.4, -0.2) is 24.2 Å². The zero-order chi connectivity index (χ0) is 17.2. The van der Waals surface area contributed by atoms with E-state index in [9.17, 15) is 4.79 Å². The van der Waals surface area contributed by atoms with Gasteiger partial charge in [-0.3, -0.25) is 4.98 Å². The third kappa shape index (κ3) is 5.88. The molecule has 0 N–H and O–H groups in total. The first kappa shape index (κ1) is 17.7. The van der Waals surface area contributed by atoms with Crippen LogP contribution in [0, 0.1) is 0 Å². The fourth-order valence-corrected chi connectivity index (χ4v) is 2.12. The maximum absolute atomic E-state index is 11.3. The van der Waals surface area contributed by atoms with Crippen molar-refractivity contribution < 1.29 is 14.3 Å². The highest BCUT2D eigenvalue weighted by atomic mass is 16.5. The quantitative estimate of drug-likeness (QED) is 0.546. The number of carbonyl (C=O) groups is 1. The van der Waals surface area contributed by atoms with Crippen molar-refractivity contribution in [3.05, 3.63) is 65.5 Å². The monoisotopic (exact) mass is 325 g/mol. The lowest BCUT2D eigenvalue weighted by molar-refractivity contribution is -0.137. The minimum absolute atomic E-state index is 0.334. The van der Waals surface area contributed by atoms with Gasteiger partial charge in [-0.05, 0) is 48.7 Å². The first-order chi connectivity index (χ1) is 11.7. The number of nitrogens with zero attached hydrogens (tertiary/aromatic N) is 1. The van der Waals surface area contributed by atoms with Crippen molar-refractivity contribution in [3.8, 4) is 5.75 Å². The molecule has 0 spiro atoms. The molecule has 0 saturated heterocycles. The molecule has 2 aromatic rings. The number of benzene rings is 1. The minimum Gasteiger partial charge on any atom is -0.493 e. The van der Waals surface area contributed by atoms with Crippen LogP contribution in [0.5, 0.6) is 5.75 Å². The smallest absolute Gasteiger partial charge is 0.330 e. The summed E-state index contributed by atoms with van der Waals surface area (Å²) in [5, 5.41) is 0. The molecule has 1 aromatic heterocycles. The Balaban J connectivity index is 1.79. The SMILES string of the molecule is CCOC(=O)/C=C/c1ccc(OCCc2ccc(CC)cn2)cc1. The first-order valence-electron chi connectivity index (χ1n) is 8.22. The molecule has 4 heteroatoms. The Hall–Kier alpha value is -2.62. The molecule has 0 saturated carbocycles. The molecule has 0 fully saturated rings. The molecule has 126 valence electrons. The normalized spacial score (nSPS) is 10.8. The lowest BCUT2D eigenvalue weighted by Gasteiger charge is -2.06. The van der Waals surface area contributed by atoms with E-state index in [1.165, 1.54) is 11.6 Å². The van der Waals surface area contributed by atoms with Crippen molar-refractivity contribution in [3.63, 3.8) is 0 Å². The van der Waals surface area contributed by atoms with E-state index < -0.39 is 0 Å². The molecule has 0 aliphatic heterocycles. The number of esters is 1. The molecule has 0 aliphatic carbocycles. The van der Waals surface area contributed by atoms with E-state index in [2.05, 4.69) is 18.0 Å². The summed E-state index contributed by atoms with van der Waals surface area (Å²) in [7, 11) is 0. The van der Waals surface area contributed by atoms with Gasteiger partial charge in [0.2, 0.25) is 0 Å². The number of aryl methyl sites for hydroxylation is 1. The second-order valence-corrected chi connectivity index (χ2v) is 5.26. The van der Waals surface area contributed by atoms with E-state index in [1.807, 2.05) is 36.5 Å². The number of pyridine rings is 1. The van der Waals surface area contributed by atoms with Crippen molar-refractivity contribution >= 4 is 12.0 Å². The van der Waals surface area contributed by atoms with Crippen LogP contribution in [0.25, 0.3) is 6.08 Å². The molecule has 24 heavy (non-hydrogen) atoms. The van der Waals surface area contributed by atoms with Crippen LogP contribution in [0.4, 0.5) is 0 Å². The zero-order valence-electron chi connectivity index (χ0n) is 14.2. The van der Waals surface area contributed by atoms with Gasteiger partial charge in [0, 0.05) is 24.4 Å². The van der Waals surface area contributed by atoms with Crippen LogP contribution in [-0.2, 0) is 22.4 Å². The predicted molar refractivity (Wildman–Crippen MR) is 94.9 cm³/mol. The van der Waals surface area contributed by atoms with E-state index in [1.54, 1.807) is 13.0 Å². The molecular weight excluding hydrogens is 302 g/mol. The Bertz CT molecular complexity index is 660. The van der Waals surface area contributed by atoms with Crippen LogP contribution in [0.2, 0.25) is 0 Å². The van der Waals surface area contributed by atoms with Crippen LogP contribution in [0.15, 0.2) is 48.7 Å². The summed E-state index contributed by atoms with van der Waals surface area (Å²) in [6.45, 7) is 4.86. The minimum atomic E-state index is -0.334. The van der Waals surface area contributed by atoms with E-state index in [0.29, 0.717) is 13.2 Å². The highest BCUT2D eigenvalue weighted by molar-refractivity contribution is 5.87. The molecular formula is C20H23NO3. The van der Waals surface area contributed by atoms with Gasteiger partial charge in [0.15, 0.2) is 0 Å². The Morgan fingerprint density at radius 3 is 2.54 bits per heavy atom. The second kappa shape index (κ2) is 9.50. The fourth-order valence-electron chi connectivity index (χ4n) is 2.12. The molecule has 1 aromatic carbocycles. The topological polar surface area (TPSA) is 48.4 Å². The summed E-state index contributed by atoms with van der Waals surface area (Å²) >= 11 is 0. The molecule has 0 atom stereocenters. The van der Waals surface area contributed by atoms with Gasteiger partial charge < -0.3 is 9.47 Å². The van der Waals surface area contributed by atoms with E-state index in [4.69, 9.17) is 9.47 Å². The molecule has 0 unspecified atom stereocenters. The summed E-state index contributed by atoms with van der Waals surface area (Å²) in [4.78, 5) is 15.7. The summed E-state index contributed by atoms with van der Waals surface area (Å²) in [5.74, 6) is 0.466. The Morgan fingerprint density at radius 2 is 1.92 bits per heavy atom. The third-order valence-corrected chi connectivity index (χ3v) is 3.50. The summed E-state index contributed by atoms with van der Waals surface area (Å²) < 4.78 is 10.6. The van der Waals surface area contributed by atoms with Gasteiger partial charge in [-0.1, -0.05) is 25.1 Å². The standard InChI is InChI=1S/C20H23NO3/c1-3-16-5-9-18(21-15-16)13-14-24-19-10-6-17(7-11-19)8-12-20(22)23-4-2/h5-12,15H,3-4,13-14H2,1-2H3/b12-8+. The maximum atomic E-state index is 11.3. The largest absolute Gasteiger partial charge is 0.493 e. The van der Waals surface area contributed by atoms with Crippen LogP contribution >= 0.6 is 0 Å². The van der Waals surface area contributed by atoms with Crippen molar-refractivity contribution in [2.45, 2.75) is 26.7 Å². The molecule has 2 rings (SSSR count). The van der Waals surface area contributed by atoms with Gasteiger partial charge in [0.1, 0.15) is 5.75 Å². The van der Waals surface area contributed by atoms with Gasteiger partial charge >= 0.3 is 5.97 Å². The van der Waals surface area contributed by atoms with Crippen molar-refractivity contribution in [2.24, 2.45) is 0 Å². The average molecular weight is 325 g/mol. The van der Waals surface area contributed by atoms with Crippen LogP contribution < -0.4 is 4.74 Å². The van der Waals surface area contributed by atoms with Gasteiger partial charge in [-0.2, -0.15) is 0 Å². The molecule has 0 aliphatic rings. The summed E-state index contributed by atoms with van der Waals surface area (Å²) in [5.41, 5.74) is 3.19. The highest BCUT2D eigenvalue weighted by Crippen LogP contribution is 2.14. The number of aromatic nitrogens is 1. The van der Waals surface area contributed by atoms with Crippen molar-refractivity contribution in [2.75, 3.05) is 13.2 Å². The Morgan fingerprint density at radius 1 is 1.12 bits per heavy atom. The van der Waals surface area contributed by atoms with Crippen LogP contribution in [0.3, 0.4) is 0 Å². The number of ether oxygens (including phenoxy) is 2. The molecule has 1 heterocycles. The first-order valence-corrected chi connectivity index (χ1v) is 8.22. The van der Waals surface area contributed by atoms with Gasteiger partial charge in [0.05, 0.1) is 13.2 Å². The van der Waals surface area contributed by atoms with Crippen LogP contribution in [0.1, 0.15) is 30.7 Å². The summed E-state index contributed by atoms with van der Waals surface area (Å²) in [6.07, 6.45) is 6.83. The number of rotatable bonds is 8. The number of hydrogen-bond acceptors (Lipinski definition) is 4. The fraction of sp³-hybridized carbons (Fsp3) is 0.300. The lowest BCUT2D eigenvalue weighted by atomic mass is 10.2. The van der Waals surface area contributed by atoms with Gasteiger partial charge in [-0.15, -0.1) is 0 Å². The lowest BCUT2D eigenvalue weighted by Crippen LogP contribution is -2.03. The summed E-state index contributed by atoms with van der Waals surface area (Å²) in [6, 6.07) is 11.7. The maximum Gasteiger partial charge on any atom is 0.330 e. The second-order valence-electron chi connectivity index (χ2n) is 5.26. The Kier molecular flexibility index (Phi) is 7.02. The predicted octanol–water partition coefficient (Wildman–Crippen LogP) is 3.84. The molecule has 0 amide bonds. The van der Waals surface area contributed by atoms with Crippen molar-refractivity contribution in [1.29, 1.82) is 0 Å². The van der Waals surface area contributed by atoms with Gasteiger partial charge in [-0.25, -0.2) is 4.79 Å². The zero-order valence-corrected chi connectivity index (χ0v) is 14.2. The Labute approximate surface area is 143 Å². The number of hydrogen-bond donors (Lipinski definition) is 0. The number of carbonyl (C=O) groups excluding carboxylic acids is 1. The van der Waals surface area contributed by atoms with E-state index in [0.717, 1.165) is 29.8 Å².